The van der Waals surface area contributed by atoms with E-state index in [2.05, 4.69) is 15.7 Å². The number of aryl methyl sites for hydroxylation is 1. The molecule has 8 nitrogen and oxygen atoms in total. The zero-order valence-electron chi connectivity index (χ0n) is 14.7. The topological polar surface area (TPSA) is 96.3 Å². The predicted octanol–water partition coefficient (Wildman–Crippen LogP) is 1.42. The SMILES string of the molecule is C[C@H](C(=O)NN1C(=O)N[C@](C)(CCc2ccccc2)C1=O)n1ccnc1. The zero-order valence-corrected chi connectivity index (χ0v) is 14.7. The van der Waals surface area contributed by atoms with Crippen LogP contribution in [0.5, 0.6) is 0 Å². The summed E-state index contributed by atoms with van der Waals surface area (Å²) in [5, 5.41) is 3.45. The number of carbonyl (C=O) groups excluding carboxylic acids is 3. The molecule has 26 heavy (non-hydrogen) atoms. The number of nitrogens with one attached hydrogen (secondary N) is 2. The zero-order chi connectivity index (χ0) is 18.7. The predicted molar refractivity (Wildman–Crippen MR) is 93.6 cm³/mol. The molecule has 0 aliphatic carbocycles. The van der Waals surface area contributed by atoms with Crippen molar-refractivity contribution in [2.24, 2.45) is 0 Å². The van der Waals surface area contributed by atoms with E-state index in [-0.39, 0.29) is 0 Å². The van der Waals surface area contributed by atoms with Crippen LogP contribution in [0.15, 0.2) is 49.1 Å². The number of amides is 4. The fourth-order valence-electron chi connectivity index (χ4n) is 2.83. The Hall–Kier alpha value is -3.16. The normalized spacial score (nSPS) is 20.8. The van der Waals surface area contributed by atoms with Crippen molar-refractivity contribution in [2.45, 2.75) is 38.3 Å². The summed E-state index contributed by atoms with van der Waals surface area (Å²) in [4.78, 5) is 41.2. The summed E-state index contributed by atoms with van der Waals surface area (Å²) in [6, 6.07) is 8.49. The van der Waals surface area contributed by atoms with Gasteiger partial charge in [0.25, 0.3) is 11.8 Å². The van der Waals surface area contributed by atoms with Gasteiger partial charge in [-0.3, -0.25) is 15.0 Å². The number of hydrazine groups is 1. The first-order chi connectivity index (χ1) is 12.4. The Morgan fingerprint density at radius 3 is 2.69 bits per heavy atom. The van der Waals surface area contributed by atoms with Crippen molar-refractivity contribution < 1.29 is 14.4 Å². The third kappa shape index (κ3) is 3.44. The second kappa shape index (κ2) is 6.99. The highest BCUT2D eigenvalue weighted by Crippen LogP contribution is 2.22. The van der Waals surface area contributed by atoms with Crippen molar-refractivity contribution in [1.82, 2.24) is 25.3 Å². The van der Waals surface area contributed by atoms with E-state index in [0.717, 1.165) is 10.6 Å². The fourth-order valence-corrected chi connectivity index (χ4v) is 2.83. The summed E-state index contributed by atoms with van der Waals surface area (Å²) >= 11 is 0. The molecule has 0 saturated carbocycles. The molecule has 1 aromatic carbocycles. The van der Waals surface area contributed by atoms with Gasteiger partial charge < -0.3 is 9.88 Å². The van der Waals surface area contributed by atoms with E-state index in [1.54, 1.807) is 30.8 Å². The Labute approximate surface area is 151 Å². The first kappa shape index (κ1) is 17.7. The minimum absolute atomic E-state index is 0.436. The molecule has 1 aromatic heterocycles. The minimum atomic E-state index is -1.06. The maximum atomic E-state index is 12.7. The molecule has 2 heterocycles. The van der Waals surface area contributed by atoms with Gasteiger partial charge in [0.05, 0.1) is 6.33 Å². The van der Waals surface area contributed by atoms with Crippen LogP contribution in [0.3, 0.4) is 0 Å². The summed E-state index contributed by atoms with van der Waals surface area (Å²) in [6.07, 6.45) is 5.76. The quantitative estimate of drug-likeness (QED) is 0.766. The first-order valence-corrected chi connectivity index (χ1v) is 8.39. The van der Waals surface area contributed by atoms with E-state index in [0.29, 0.717) is 12.8 Å². The standard InChI is InChI=1S/C18H21N5O3/c1-13(22-11-10-19-12-22)15(24)21-23-16(25)18(2,20-17(23)26)9-8-14-6-4-3-5-7-14/h3-7,10-13H,8-9H2,1-2H3,(H,20,26)(H,21,24)/t13-,18-/m1/s1. The molecular weight excluding hydrogens is 334 g/mol. The Kier molecular flexibility index (Phi) is 4.75. The molecule has 3 rings (SSSR count). The molecule has 0 bridgehead atoms. The van der Waals surface area contributed by atoms with Gasteiger partial charge in [-0.05, 0) is 32.3 Å². The van der Waals surface area contributed by atoms with Crippen LogP contribution in [0.1, 0.15) is 31.9 Å². The number of imide groups is 1. The van der Waals surface area contributed by atoms with Gasteiger partial charge in [-0.2, -0.15) is 5.01 Å². The number of hydrogen-bond acceptors (Lipinski definition) is 4. The number of carbonyl (C=O) groups is 3. The summed E-state index contributed by atoms with van der Waals surface area (Å²) in [5.74, 6) is -0.941. The van der Waals surface area contributed by atoms with Crippen molar-refractivity contribution in [3.05, 3.63) is 54.6 Å². The van der Waals surface area contributed by atoms with Gasteiger partial charge in [-0.1, -0.05) is 30.3 Å². The van der Waals surface area contributed by atoms with E-state index in [1.807, 2.05) is 30.3 Å². The molecule has 2 N–H and O–H groups in total. The molecule has 136 valence electrons. The summed E-state index contributed by atoms with van der Waals surface area (Å²) < 4.78 is 1.59. The van der Waals surface area contributed by atoms with Crippen molar-refractivity contribution >= 4 is 17.8 Å². The van der Waals surface area contributed by atoms with Crippen LogP contribution in [0.2, 0.25) is 0 Å². The number of imidazole rings is 1. The number of urea groups is 1. The van der Waals surface area contributed by atoms with Crippen molar-refractivity contribution in [3.63, 3.8) is 0 Å². The lowest BCUT2D eigenvalue weighted by Gasteiger charge is -2.22. The lowest BCUT2D eigenvalue weighted by molar-refractivity contribution is -0.140. The number of rotatable bonds is 6. The Morgan fingerprint density at radius 2 is 2.04 bits per heavy atom. The molecular formula is C18H21N5O3. The number of benzene rings is 1. The molecule has 8 heteroatoms. The second-order valence-corrected chi connectivity index (χ2v) is 6.55. The monoisotopic (exact) mass is 355 g/mol. The summed E-state index contributed by atoms with van der Waals surface area (Å²) in [5.41, 5.74) is 2.42. The molecule has 1 saturated heterocycles. The number of hydrogen-bond donors (Lipinski definition) is 2. The Morgan fingerprint density at radius 1 is 1.31 bits per heavy atom. The highest BCUT2D eigenvalue weighted by molar-refractivity contribution is 6.07. The molecule has 0 unspecified atom stereocenters. The van der Waals surface area contributed by atoms with Crippen LogP contribution in [-0.4, -0.2) is 37.9 Å². The van der Waals surface area contributed by atoms with Crippen LogP contribution in [0.4, 0.5) is 4.79 Å². The van der Waals surface area contributed by atoms with Gasteiger partial charge in [-0.25, -0.2) is 9.78 Å². The van der Waals surface area contributed by atoms with Gasteiger partial charge in [0.1, 0.15) is 11.6 Å². The van der Waals surface area contributed by atoms with Crippen LogP contribution in [-0.2, 0) is 16.0 Å². The van der Waals surface area contributed by atoms with E-state index in [1.165, 1.54) is 6.33 Å². The van der Waals surface area contributed by atoms with Crippen LogP contribution in [0, 0.1) is 0 Å². The van der Waals surface area contributed by atoms with Gasteiger partial charge in [-0.15, -0.1) is 0 Å². The van der Waals surface area contributed by atoms with Crippen molar-refractivity contribution in [1.29, 1.82) is 0 Å². The average Bonchev–Trinajstić information content (AvgIpc) is 3.24. The van der Waals surface area contributed by atoms with E-state index in [9.17, 15) is 14.4 Å². The molecule has 0 spiro atoms. The van der Waals surface area contributed by atoms with Crippen molar-refractivity contribution in [2.75, 3.05) is 0 Å². The molecule has 0 radical (unpaired) electrons. The lowest BCUT2D eigenvalue weighted by Crippen LogP contribution is -2.50. The summed E-state index contributed by atoms with van der Waals surface area (Å²) in [6.45, 7) is 3.33. The number of nitrogens with zero attached hydrogens (tertiary/aromatic N) is 3. The average molecular weight is 355 g/mol. The lowest BCUT2D eigenvalue weighted by atomic mass is 9.93. The molecule has 1 fully saturated rings. The molecule has 4 amide bonds. The maximum Gasteiger partial charge on any atom is 0.344 e. The third-order valence-electron chi connectivity index (χ3n) is 4.59. The van der Waals surface area contributed by atoms with Gasteiger partial charge in [0.2, 0.25) is 0 Å². The van der Waals surface area contributed by atoms with Gasteiger partial charge in [0.15, 0.2) is 0 Å². The Bertz CT molecular complexity index is 805. The molecule has 1 aliphatic heterocycles. The molecule has 1 aliphatic rings. The summed E-state index contributed by atoms with van der Waals surface area (Å²) in [7, 11) is 0. The second-order valence-electron chi connectivity index (χ2n) is 6.55. The molecule has 2 aromatic rings. The van der Waals surface area contributed by atoms with Crippen LogP contribution >= 0.6 is 0 Å². The largest absolute Gasteiger partial charge is 0.344 e. The first-order valence-electron chi connectivity index (χ1n) is 8.39. The minimum Gasteiger partial charge on any atom is -0.325 e. The van der Waals surface area contributed by atoms with Crippen LogP contribution < -0.4 is 10.7 Å². The van der Waals surface area contributed by atoms with Gasteiger partial charge >= 0.3 is 6.03 Å². The number of aromatic nitrogens is 2. The van der Waals surface area contributed by atoms with Gasteiger partial charge in [0, 0.05) is 12.4 Å². The van der Waals surface area contributed by atoms with E-state index >= 15 is 0 Å². The molecule has 2 atom stereocenters. The maximum absolute atomic E-state index is 12.7. The third-order valence-corrected chi connectivity index (χ3v) is 4.59. The van der Waals surface area contributed by atoms with Crippen LogP contribution in [0.25, 0.3) is 0 Å². The van der Waals surface area contributed by atoms with E-state index < -0.39 is 29.4 Å². The Balaban J connectivity index is 1.65. The van der Waals surface area contributed by atoms with Crippen molar-refractivity contribution in [3.8, 4) is 0 Å². The smallest absolute Gasteiger partial charge is 0.325 e. The fraction of sp³-hybridized carbons (Fsp3) is 0.333. The van der Waals surface area contributed by atoms with E-state index in [4.69, 9.17) is 0 Å². The highest BCUT2D eigenvalue weighted by Gasteiger charge is 2.48. The highest BCUT2D eigenvalue weighted by atomic mass is 16.2.